The van der Waals surface area contributed by atoms with Gasteiger partial charge in [-0.3, -0.25) is 19.3 Å². The van der Waals surface area contributed by atoms with Gasteiger partial charge in [0.15, 0.2) is 0 Å². The number of benzene rings is 1. The number of carbonyl (C=O) groups is 3. The summed E-state index contributed by atoms with van der Waals surface area (Å²) in [6.07, 6.45) is 4.48. The maximum Gasteiger partial charge on any atom is 0.254 e. The smallest absolute Gasteiger partial charge is 0.254 e. The summed E-state index contributed by atoms with van der Waals surface area (Å²) in [4.78, 5) is 45.9. The van der Waals surface area contributed by atoms with Crippen molar-refractivity contribution in [2.24, 2.45) is 5.92 Å². The van der Waals surface area contributed by atoms with E-state index in [9.17, 15) is 18.8 Å². The van der Waals surface area contributed by atoms with E-state index in [2.05, 4.69) is 4.90 Å². The highest BCUT2D eigenvalue weighted by molar-refractivity contribution is 5.94. The lowest BCUT2D eigenvalue weighted by atomic mass is 9.95. The molecule has 7 nitrogen and oxygen atoms in total. The summed E-state index contributed by atoms with van der Waals surface area (Å²) < 4.78 is 13.5. The summed E-state index contributed by atoms with van der Waals surface area (Å²) in [7, 11) is 0. The van der Waals surface area contributed by atoms with Crippen LogP contribution in [-0.2, 0) is 9.59 Å². The number of hydrogen-bond acceptors (Lipinski definition) is 4. The molecular weight excluding hydrogens is 411 g/mol. The van der Waals surface area contributed by atoms with Gasteiger partial charge in [0.1, 0.15) is 5.82 Å². The Kier molecular flexibility index (Phi) is 7.40. The predicted octanol–water partition coefficient (Wildman–Crippen LogP) is 1.83. The van der Waals surface area contributed by atoms with E-state index in [1.165, 1.54) is 12.1 Å². The van der Waals surface area contributed by atoms with Gasteiger partial charge in [0, 0.05) is 63.8 Å². The van der Waals surface area contributed by atoms with Crippen LogP contribution in [0.1, 0.15) is 42.5 Å². The molecule has 0 N–H and O–H groups in total. The van der Waals surface area contributed by atoms with Gasteiger partial charge >= 0.3 is 0 Å². The zero-order valence-electron chi connectivity index (χ0n) is 18.7. The minimum absolute atomic E-state index is 0.0535. The molecule has 0 atom stereocenters. The Morgan fingerprint density at radius 2 is 1.53 bits per heavy atom. The fourth-order valence-electron chi connectivity index (χ4n) is 5.00. The number of nitrogens with zero attached hydrogens (tertiary/aromatic N) is 4. The topological polar surface area (TPSA) is 64.2 Å². The van der Waals surface area contributed by atoms with Crippen molar-refractivity contribution in [3.8, 4) is 0 Å². The molecule has 3 aliphatic heterocycles. The van der Waals surface area contributed by atoms with E-state index in [0.717, 1.165) is 51.7 Å². The second-order valence-corrected chi connectivity index (χ2v) is 9.12. The number of piperidine rings is 1. The first-order valence-corrected chi connectivity index (χ1v) is 11.8. The van der Waals surface area contributed by atoms with Crippen LogP contribution in [0.25, 0.3) is 0 Å². The molecule has 3 amide bonds. The number of likely N-dealkylation sites (tertiary alicyclic amines) is 2. The number of amides is 3. The first kappa shape index (κ1) is 22.7. The molecular formula is C24H33FN4O3. The van der Waals surface area contributed by atoms with Gasteiger partial charge < -0.3 is 14.7 Å². The first-order valence-electron chi connectivity index (χ1n) is 11.8. The summed E-state index contributed by atoms with van der Waals surface area (Å²) in [6, 6.07) is 5.78. The molecule has 1 aromatic carbocycles. The van der Waals surface area contributed by atoms with Crippen molar-refractivity contribution in [1.82, 2.24) is 19.6 Å². The van der Waals surface area contributed by atoms with Crippen molar-refractivity contribution in [3.63, 3.8) is 0 Å². The van der Waals surface area contributed by atoms with Crippen LogP contribution >= 0.6 is 0 Å². The van der Waals surface area contributed by atoms with E-state index in [4.69, 9.17) is 0 Å². The van der Waals surface area contributed by atoms with Crippen molar-refractivity contribution in [1.29, 1.82) is 0 Å². The van der Waals surface area contributed by atoms with Crippen LogP contribution in [0.15, 0.2) is 24.3 Å². The largest absolute Gasteiger partial charge is 0.342 e. The molecule has 0 radical (unpaired) electrons. The van der Waals surface area contributed by atoms with Crippen molar-refractivity contribution in [3.05, 3.63) is 35.6 Å². The molecule has 3 heterocycles. The molecule has 1 aromatic rings. The van der Waals surface area contributed by atoms with E-state index >= 15 is 0 Å². The summed E-state index contributed by atoms with van der Waals surface area (Å²) in [5.41, 5.74) is 0.362. The summed E-state index contributed by atoms with van der Waals surface area (Å²) in [5.74, 6) is -0.156. The van der Waals surface area contributed by atoms with E-state index in [-0.39, 0.29) is 23.6 Å². The third-order valence-electron chi connectivity index (χ3n) is 6.92. The Hall–Kier alpha value is -2.48. The highest BCUT2D eigenvalue weighted by atomic mass is 19.1. The number of halogens is 1. The fraction of sp³-hybridized carbons (Fsp3) is 0.625. The number of rotatable bonds is 4. The van der Waals surface area contributed by atoms with Crippen LogP contribution in [-0.4, -0.2) is 96.2 Å². The van der Waals surface area contributed by atoms with Crippen molar-refractivity contribution >= 4 is 17.7 Å². The lowest BCUT2D eigenvalue weighted by molar-refractivity contribution is -0.140. The molecule has 0 aliphatic carbocycles. The van der Waals surface area contributed by atoms with Gasteiger partial charge in [0.25, 0.3) is 5.91 Å². The summed E-state index contributed by atoms with van der Waals surface area (Å²) >= 11 is 0. The zero-order valence-corrected chi connectivity index (χ0v) is 18.7. The molecule has 0 bridgehead atoms. The molecule has 174 valence electrons. The molecule has 0 unspecified atom stereocenters. The monoisotopic (exact) mass is 444 g/mol. The highest BCUT2D eigenvalue weighted by Crippen LogP contribution is 2.22. The minimum atomic E-state index is -0.413. The van der Waals surface area contributed by atoms with Gasteiger partial charge in [0.2, 0.25) is 11.8 Å². The van der Waals surface area contributed by atoms with E-state index in [0.29, 0.717) is 44.8 Å². The van der Waals surface area contributed by atoms with Gasteiger partial charge in [-0.05, 0) is 50.3 Å². The summed E-state index contributed by atoms with van der Waals surface area (Å²) in [5, 5.41) is 0. The standard InChI is InChI=1S/C24H33FN4O3/c25-21-6-3-5-20(17-21)24(32)29-12-4-9-26(15-16-29)18-22(30)27-13-7-19(8-14-27)23(31)28-10-1-2-11-28/h3,5-6,17,19H,1-2,4,7-16,18H2. The molecule has 32 heavy (non-hydrogen) atoms. The maximum absolute atomic E-state index is 13.5. The van der Waals surface area contributed by atoms with E-state index in [1.807, 2.05) is 9.80 Å². The van der Waals surface area contributed by atoms with Gasteiger partial charge in [-0.25, -0.2) is 4.39 Å². The second-order valence-electron chi connectivity index (χ2n) is 9.12. The SMILES string of the molecule is O=C(CN1CCCN(C(=O)c2cccc(F)c2)CC1)N1CCC(C(=O)N2CCCC2)CC1. The first-order chi connectivity index (χ1) is 15.5. The quantitative estimate of drug-likeness (QED) is 0.711. The Morgan fingerprint density at radius 3 is 2.25 bits per heavy atom. The molecule has 0 spiro atoms. The van der Waals surface area contributed by atoms with Gasteiger partial charge in [-0.1, -0.05) is 6.07 Å². The van der Waals surface area contributed by atoms with Crippen molar-refractivity contribution < 1.29 is 18.8 Å². The van der Waals surface area contributed by atoms with Gasteiger partial charge in [0.05, 0.1) is 6.54 Å². The van der Waals surface area contributed by atoms with Crippen LogP contribution in [0.3, 0.4) is 0 Å². The fourth-order valence-corrected chi connectivity index (χ4v) is 5.00. The van der Waals surface area contributed by atoms with Crippen LogP contribution < -0.4 is 0 Å². The Bertz CT molecular complexity index is 834. The molecule has 3 saturated heterocycles. The van der Waals surface area contributed by atoms with Gasteiger partial charge in [-0.2, -0.15) is 0 Å². The Morgan fingerprint density at radius 1 is 0.812 bits per heavy atom. The van der Waals surface area contributed by atoms with Crippen molar-refractivity contribution in [2.45, 2.75) is 32.1 Å². The lowest BCUT2D eigenvalue weighted by Gasteiger charge is -2.34. The lowest BCUT2D eigenvalue weighted by Crippen LogP contribution is -2.47. The third-order valence-corrected chi connectivity index (χ3v) is 6.92. The molecule has 0 aromatic heterocycles. The summed E-state index contributed by atoms with van der Waals surface area (Å²) in [6.45, 7) is 5.88. The zero-order chi connectivity index (χ0) is 22.5. The van der Waals surface area contributed by atoms with Crippen LogP contribution in [0, 0.1) is 11.7 Å². The third kappa shape index (κ3) is 5.46. The highest BCUT2D eigenvalue weighted by Gasteiger charge is 2.32. The average molecular weight is 445 g/mol. The normalized spacial score (nSPS) is 21.0. The van der Waals surface area contributed by atoms with Crippen LogP contribution in [0.5, 0.6) is 0 Å². The molecule has 0 saturated carbocycles. The van der Waals surface area contributed by atoms with Crippen LogP contribution in [0.4, 0.5) is 4.39 Å². The van der Waals surface area contributed by atoms with E-state index < -0.39 is 5.82 Å². The second kappa shape index (κ2) is 10.4. The molecule has 3 aliphatic rings. The van der Waals surface area contributed by atoms with E-state index in [1.54, 1.807) is 17.0 Å². The molecule has 4 rings (SSSR count). The van der Waals surface area contributed by atoms with Gasteiger partial charge in [-0.15, -0.1) is 0 Å². The van der Waals surface area contributed by atoms with Crippen molar-refractivity contribution in [2.75, 3.05) is 58.9 Å². The number of hydrogen-bond donors (Lipinski definition) is 0. The Balaban J connectivity index is 1.23. The predicted molar refractivity (Wildman–Crippen MR) is 118 cm³/mol. The molecule has 8 heteroatoms. The average Bonchev–Trinajstić information content (AvgIpc) is 3.25. The van der Waals surface area contributed by atoms with Crippen LogP contribution in [0.2, 0.25) is 0 Å². The minimum Gasteiger partial charge on any atom is -0.342 e. The number of carbonyl (C=O) groups excluding carboxylic acids is 3. The Labute approximate surface area is 189 Å². The maximum atomic E-state index is 13.5. The molecule has 3 fully saturated rings.